The van der Waals surface area contributed by atoms with Crippen molar-refractivity contribution in [1.82, 2.24) is 25.2 Å². The Balaban J connectivity index is 2.33. The SMILES string of the molecule is Cn1cc(C(=O)c2cn[nH]c2)nn1. The van der Waals surface area contributed by atoms with Gasteiger partial charge in [0.1, 0.15) is 0 Å². The second-order valence-electron chi connectivity index (χ2n) is 2.59. The van der Waals surface area contributed by atoms with Crippen molar-refractivity contribution in [2.75, 3.05) is 0 Å². The van der Waals surface area contributed by atoms with Gasteiger partial charge in [0.15, 0.2) is 5.69 Å². The van der Waals surface area contributed by atoms with Gasteiger partial charge in [-0.2, -0.15) is 5.10 Å². The fourth-order valence-electron chi connectivity index (χ4n) is 0.974. The van der Waals surface area contributed by atoms with Crippen molar-refractivity contribution < 1.29 is 4.79 Å². The lowest BCUT2D eigenvalue weighted by Crippen LogP contribution is -1.99. The monoisotopic (exact) mass is 177 g/mol. The molecule has 2 aromatic rings. The lowest BCUT2D eigenvalue weighted by Gasteiger charge is -1.87. The first-order chi connectivity index (χ1) is 6.27. The average Bonchev–Trinajstić information content (AvgIpc) is 2.72. The minimum Gasteiger partial charge on any atom is -0.287 e. The highest BCUT2D eigenvalue weighted by atomic mass is 16.1. The Morgan fingerprint density at radius 1 is 1.62 bits per heavy atom. The third kappa shape index (κ3) is 1.33. The Bertz CT molecular complexity index is 416. The van der Waals surface area contributed by atoms with Gasteiger partial charge in [0.2, 0.25) is 5.78 Å². The molecule has 0 atom stereocenters. The number of hydrogen-bond donors (Lipinski definition) is 1. The zero-order valence-corrected chi connectivity index (χ0v) is 6.93. The Kier molecular flexibility index (Phi) is 1.66. The normalized spacial score (nSPS) is 10.2. The molecular formula is C7H7N5O. The molecule has 0 aliphatic heterocycles. The fraction of sp³-hybridized carbons (Fsp3) is 0.143. The highest BCUT2D eigenvalue weighted by molar-refractivity contribution is 6.07. The van der Waals surface area contributed by atoms with Crippen LogP contribution in [0.1, 0.15) is 16.1 Å². The molecule has 1 N–H and O–H groups in total. The molecule has 2 aromatic heterocycles. The van der Waals surface area contributed by atoms with Crippen LogP contribution in [0.3, 0.4) is 0 Å². The van der Waals surface area contributed by atoms with Gasteiger partial charge in [-0.05, 0) is 0 Å². The predicted octanol–water partition coefficient (Wildman–Crippen LogP) is -0.231. The lowest BCUT2D eigenvalue weighted by molar-refractivity contribution is 0.103. The van der Waals surface area contributed by atoms with Crippen molar-refractivity contribution >= 4 is 5.78 Å². The summed E-state index contributed by atoms with van der Waals surface area (Å²) in [5, 5.41) is 13.6. The zero-order chi connectivity index (χ0) is 9.26. The van der Waals surface area contributed by atoms with E-state index in [9.17, 15) is 4.79 Å². The van der Waals surface area contributed by atoms with E-state index in [2.05, 4.69) is 20.5 Å². The molecule has 6 nitrogen and oxygen atoms in total. The Morgan fingerprint density at radius 2 is 2.46 bits per heavy atom. The van der Waals surface area contributed by atoms with Crippen LogP contribution in [0.5, 0.6) is 0 Å². The number of aromatic nitrogens is 5. The molecule has 0 bridgehead atoms. The van der Waals surface area contributed by atoms with E-state index in [1.54, 1.807) is 13.2 Å². The second kappa shape index (κ2) is 2.81. The summed E-state index contributed by atoms with van der Waals surface area (Å²) in [6.45, 7) is 0. The van der Waals surface area contributed by atoms with E-state index in [0.29, 0.717) is 11.3 Å². The molecule has 2 rings (SSSR count). The molecule has 0 aromatic carbocycles. The van der Waals surface area contributed by atoms with E-state index in [4.69, 9.17) is 0 Å². The van der Waals surface area contributed by atoms with Gasteiger partial charge in [0.25, 0.3) is 0 Å². The van der Waals surface area contributed by atoms with Crippen LogP contribution in [0.15, 0.2) is 18.6 Å². The van der Waals surface area contributed by atoms with Gasteiger partial charge in [0, 0.05) is 13.2 Å². The summed E-state index contributed by atoms with van der Waals surface area (Å²) in [5.41, 5.74) is 0.810. The summed E-state index contributed by atoms with van der Waals surface area (Å²) < 4.78 is 1.48. The maximum atomic E-state index is 11.5. The Hall–Kier alpha value is -1.98. The van der Waals surface area contributed by atoms with Gasteiger partial charge in [-0.15, -0.1) is 5.10 Å². The largest absolute Gasteiger partial charge is 0.287 e. The third-order valence-corrected chi connectivity index (χ3v) is 1.60. The van der Waals surface area contributed by atoms with Crippen molar-refractivity contribution in [3.05, 3.63) is 29.8 Å². The van der Waals surface area contributed by atoms with Crippen LogP contribution in [0.4, 0.5) is 0 Å². The number of nitrogens with zero attached hydrogens (tertiary/aromatic N) is 4. The minimum atomic E-state index is -0.179. The standard InChI is InChI=1S/C7H7N5O/c1-12-4-6(10-11-12)7(13)5-2-8-9-3-5/h2-4H,1H3,(H,8,9). The summed E-state index contributed by atoms with van der Waals surface area (Å²) in [7, 11) is 1.71. The van der Waals surface area contributed by atoms with Gasteiger partial charge < -0.3 is 0 Å². The smallest absolute Gasteiger partial charge is 0.218 e. The van der Waals surface area contributed by atoms with Gasteiger partial charge in [-0.25, -0.2) is 0 Å². The van der Waals surface area contributed by atoms with Gasteiger partial charge in [0.05, 0.1) is 18.0 Å². The van der Waals surface area contributed by atoms with E-state index in [0.717, 1.165) is 0 Å². The van der Waals surface area contributed by atoms with Crippen LogP contribution in [0.25, 0.3) is 0 Å². The number of H-pyrrole nitrogens is 1. The first-order valence-electron chi connectivity index (χ1n) is 3.67. The molecular weight excluding hydrogens is 170 g/mol. The number of carbonyl (C=O) groups excluding carboxylic acids is 1. The number of ketones is 1. The minimum absolute atomic E-state index is 0.179. The zero-order valence-electron chi connectivity index (χ0n) is 6.93. The summed E-state index contributed by atoms with van der Waals surface area (Å²) in [4.78, 5) is 11.5. The van der Waals surface area contributed by atoms with Crippen molar-refractivity contribution in [2.45, 2.75) is 0 Å². The van der Waals surface area contributed by atoms with E-state index in [-0.39, 0.29) is 5.78 Å². The second-order valence-corrected chi connectivity index (χ2v) is 2.59. The van der Waals surface area contributed by atoms with Crippen LogP contribution in [-0.2, 0) is 7.05 Å². The quantitative estimate of drug-likeness (QED) is 0.643. The first-order valence-corrected chi connectivity index (χ1v) is 3.67. The number of aromatic amines is 1. The maximum Gasteiger partial charge on any atom is 0.218 e. The van der Waals surface area contributed by atoms with E-state index < -0.39 is 0 Å². The number of rotatable bonds is 2. The van der Waals surface area contributed by atoms with Crippen LogP contribution in [0, 0.1) is 0 Å². The molecule has 0 radical (unpaired) electrons. The van der Waals surface area contributed by atoms with Crippen molar-refractivity contribution in [2.24, 2.45) is 7.05 Å². The Labute approximate surface area is 73.6 Å². The molecule has 2 heterocycles. The number of hydrogen-bond acceptors (Lipinski definition) is 4. The fourth-order valence-corrected chi connectivity index (χ4v) is 0.974. The van der Waals surface area contributed by atoms with E-state index in [1.807, 2.05) is 0 Å². The molecule has 0 aliphatic carbocycles. The number of carbonyl (C=O) groups is 1. The number of nitrogens with one attached hydrogen (secondary N) is 1. The molecule has 0 saturated carbocycles. The van der Waals surface area contributed by atoms with Crippen molar-refractivity contribution in [3.8, 4) is 0 Å². The Morgan fingerprint density at radius 3 is 3.00 bits per heavy atom. The molecule has 0 aliphatic rings. The van der Waals surface area contributed by atoms with Gasteiger partial charge in [-0.1, -0.05) is 5.21 Å². The molecule has 13 heavy (non-hydrogen) atoms. The molecule has 0 amide bonds. The molecule has 0 fully saturated rings. The van der Waals surface area contributed by atoms with Crippen LogP contribution in [0.2, 0.25) is 0 Å². The average molecular weight is 177 g/mol. The predicted molar refractivity (Wildman–Crippen MR) is 43.0 cm³/mol. The van der Waals surface area contributed by atoms with Crippen molar-refractivity contribution in [3.63, 3.8) is 0 Å². The van der Waals surface area contributed by atoms with Crippen LogP contribution >= 0.6 is 0 Å². The number of aryl methyl sites for hydroxylation is 1. The summed E-state index contributed by atoms with van der Waals surface area (Å²) in [6.07, 6.45) is 4.54. The highest BCUT2D eigenvalue weighted by Crippen LogP contribution is 2.03. The molecule has 66 valence electrons. The van der Waals surface area contributed by atoms with Crippen molar-refractivity contribution in [1.29, 1.82) is 0 Å². The first kappa shape index (κ1) is 7.66. The van der Waals surface area contributed by atoms with Crippen LogP contribution in [-0.4, -0.2) is 31.0 Å². The van der Waals surface area contributed by atoms with Gasteiger partial charge >= 0.3 is 0 Å². The molecule has 0 spiro atoms. The summed E-state index contributed by atoms with van der Waals surface area (Å²) in [6, 6.07) is 0. The summed E-state index contributed by atoms with van der Waals surface area (Å²) >= 11 is 0. The highest BCUT2D eigenvalue weighted by Gasteiger charge is 2.12. The maximum absolute atomic E-state index is 11.5. The molecule has 6 heteroatoms. The van der Waals surface area contributed by atoms with E-state index in [1.165, 1.54) is 17.1 Å². The van der Waals surface area contributed by atoms with Gasteiger partial charge in [-0.3, -0.25) is 14.6 Å². The van der Waals surface area contributed by atoms with E-state index >= 15 is 0 Å². The lowest BCUT2D eigenvalue weighted by atomic mass is 10.2. The molecule has 0 saturated heterocycles. The third-order valence-electron chi connectivity index (χ3n) is 1.60. The summed E-state index contributed by atoms with van der Waals surface area (Å²) in [5.74, 6) is -0.179. The van der Waals surface area contributed by atoms with Crippen LogP contribution < -0.4 is 0 Å². The molecule has 0 unspecified atom stereocenters. The topological polar surface area (TPSA) is 76.5 Å².